The number of methoxy groups -OCH3 is 1. The van der Waals surface area contributed by atoms with Gasteiger partial charge in [-0.2, -0.15) is 9.78 Å². The van der Waals surface area contributed by atoms with E-state index in [1.807, 2.05) is 0 Å². The van der Waals surface area contributed by atoms with Gasteiger partial charge >= 0.3 is 5.69 Å². The molecule has 0 saturated carbocycles. The van der Waals surface area contributed by atoms with Gasteiger partial charge in [-0.1, -0.05) is 17.8 Å². The Bertz CT molecular complexity index is 1150. The molecule has 0 spiro atoms. The largest absolute Gasteiger partial charge is 0.496 e. The first-order valence-corrected chi connectivity index (χ1v) is 10.4. The molecule has 9 nitrogen and oxygen atoms in total. The second kappa shape index (κ2) is 10.2. The van der Waals surface area contributed by atoms with E-state index in [4.69, 9.17) is 9.47 Å². The highest BCUT2D eigenvalue weighted by Gasteiger charge is 2.19. The molecule has 3 aromatic rings. The van der Waals surface area contributed by atoms with E-state index in [9.17, 15) is 18.9 Å². The summed E-state index contributed by atoms with van der Waals surface area (Å²) in [6, 6.07) is 9.64. The maximum absolute atomic E-state index is 13.2. The summed E-state index contributed by atoms with van der Waals surface area (Å²) in [6.45, 7) is 1.79. The lowest BCUT2D eigenvalue weighted by molar-refractivity contribution is -0.386. The van der Waals surface area contributed by atoms with E-state index in [1.54, 1.807) is 43.5 Å². The number of aromatic nitrogens is 3. The zero-order chi connectivity index (χ0) is 23.3. The van der Waals surface area contributed by atoms with Crippen LogP contribution in [0.5, 0.6) is 11.5 Å². The predicted molar refractivity (Wildman–Crippen MR) is 115 cm³/mol. The van der Waals surface area contributed by atoms with Crippen LogP contribution in [0, 0.1) is 17.0 Å². The zero-order valence-electron chi connectivity index (χ0n) is 17.4. The normalized spacial score (nSPS) is 11.3. The molecule has 168 valence electrons. The number of ether oxygens (including phenoxy) is 2. The van der Waals surface area contributed by atoms with Crippen molar-refractivity contribution in [2.45, 2.75) is 25.1 Å². The van der Waals surface area contributed by atoms with Crippen molar-refractivity contribution in [3.8, 4) is 11.5 Å². The summed E-state index contributed by atoms with van der Waals surface area (Å²) in [7, 11) is 1.48. The summed E-state index contributed by atoms with van der Waals surface area (Å²) in [6.07, 6.45) is 0.233. The Morgan fingerprint density at radius 3 is 2.69 bits per heavy atom. The third-order valence-corrected chi connectivity index (χ3v) is 4.96. The lowest BCUT2D eigenvalue weighted by Crippen LogP contribution is -2.03. The molecule has 1 aromatic heterocycles. The molecule has 1 heterocycles. The van der Waals surface area contributed by atoms with Gasteiger partial charge < -0.3 is 9.47 Å². The third kappa shape index (κ3) is 5.19. The highest BCUT2D eigenvalue weighted by molar-refractivity contribution is 7.98. The molecule has 0 unspecified atom stereocenters. The van der Waals surface area contributed by atoms with Gasteiger partial charge in [-0.15, -0.1) is 10.2 Å². The topological polar surface area (TPSA) is 105 Å². The smallest absolute Gasteiger partial charge is 0.310 e. The lowest BCUT2D eigenvalue weighted by atomic mass is 10.1. The molecular formula is C20H19F2N5O4S. The number of alkyl halides is 2. The van der Waals surface area contributed by atoms with Crippen LogP contribution in [-0.4, -0.2) is 39.4 Å². The van der Waals surface area contributed by atoms with E-state index in [0.29, 0.717) is 16.9 Å². The average molecular weight is 463 g/mol. The Hall–Kier alpha value is -3.54. The molecule has 0 amide bonds. The Morgan fingerprint density at radius 1 is 1.25 bits per heavy atom. The van der Waals surface area contributed by atoms with E-state index in [-0.39, 0.29) is 23.2 Å². The molecule has 0 fully saturated rings. The van der Waals surface area contributed by atoms with Gasteiger partial charge in [0.15, 0.2) is 5.75 Å². The van der Waals surface area contributed by atoms with Gasteiger partial charge in [0.1, 0.15) is 12.4 Å². The summed E-state index contributed by atoms with van der Waals surface area (Å²) in [5.41, 5.74) is 1.83. The first-order chi connectivity index (χ1) is 15.3. The van der Waals surface area contributed by atoms with Crippen molar-refractivity contribution < 1.29 is 23.2 Å². The van der Waals surface area contributed by atoms with E-state index >= 15 is 0 Å². The summed E-state index contributed by atoms with van der Waals surface area (Å²) >= 11 is 1.14. The molecule has 3 rings (SSSR count). The fraction of sp³-hybridized carbons (Fsp3) is 0.250. The first-order valence-electron chi connectivity index (χ1n) is 9.20. The molecule has 0 saturated heterocycles. The highest BCUT2D eigenvalue weighted by Crippen LogP contribution is 2.30. The Labute approximate surface area is 186 Å². The Balaban J connectivity index is 1.88. The van der Waals surface area contributed by atoms with Crippen molar-refractivity contribution in [3.63, 3.8) is 0 Å². The van der Waals surface area contributed by atoms with Crippen LogP contribution < -0.4 is 9.47 Å². The standard InChI is InChI=1S/C20H19F2N5O4S/c1-12-4-6-15(27(28)29)17(8-12)31-11-14-9-13(5-7-16(14)30-2)10-23-26-19(18(21)22)24-25-20(26)32-3/h4-10,18H,11H2,1-3H3/b23-10-. The Kier molecular flexibility index (Phi) is 7.36. The molecular weight excluding hydrogens is 444 g/mol. The van der Waals surface area contributed by atoms with E-state index in [1.165, 1.54) is 19.4 Å². The van der Waals surface area contributed by atoms with Gasteiger partial charge in [-0.25, -0.2) is 8.78 Å². The molecule has 2 aromatic carbocycles. The molecule has 0 aliphatic rings. The molecule has 0 radical (unpaired) electrons. The third-order valence-electron chi connectivity index (χ3n) is 4.34. The number of hydrogen-bond acceptors (Lipinski definition) is 8. The first kappa shape index (κ1) is 23.1. The average Bonchev–Trinajstić information content (AvgIpc) is 3.19. The molecule has 0 aliphatic carbocycles. The number of hydrogen-bond donors (Lipinski definition) is 0. The van der Waals surface area contributed by atoms with Crippen LogP contribution in [0.4, 0.5) is 14.5 Å². The molecule has 0 atom stereocenters. The summed E-state index contributed by atoms with van der Waals surface area (Å²) in [4.78, 5) is 10.7. The predicted octanol–water partition coefficient (Wildman–Crippen LogP) is 4.62. The Morgan fingerprint density at radius 2 is 2.03 bits per heavy atom. The van der Waals surface area contributed by atoms with Crippen molar-refractivity contribution in [3.05, 3.63) is 69.0 Å². The van der Waals surface area contributed by atoms with E-state index < -0.39 is 17.2 Å². The molecule has 0 aliphatic heterocycles. The van der Waals surface area contributed by atoms with Crippen molar-refractivity contribution in [1.82, 2.24) is 14.9 Å². The maximum atomic E-state index is 13.2. The fourth-order valence-corrected chi connectivity index (χ4v) is 3.24. The van der Waals surface area contributed by atoms with Gasteiger partial charge in [0.2, 0.25) is 11.0 Å². The number of thioether (sulfide) groups is 1. The minimum absolute atomic E-state index is 0.0138. The van der Waals surface area contributed by atoms with Gasteiger partial charge in [0, 0.05) is 11.6 Å². The van der Waals surface area contributed by atoms with Crippen LogP contribution in [0.2, 0.25) is 0 Å². The van der Waals surface area contributed by atoms with Crippen molar-refractivity contribution >= 4 is 23.7 Å². The van der Waals surface area contributed by atoms with Gasteiger partial charge in [0.25, 0.3) is 6.43 Å². The van der Waals surface area contributed by atoms with Crippen molar-refractivity contribution in [2.24, 2.45) is 5.10 Å². The second-order valence-electron chi connectivity index (χ2n) is 6.49. The van der Waals surface area contributed by atoms with Gasteiger partial charge in [-0.05, 0) is 48.6 Å². The quantitative estimate of drug-likeness (QED) is 0.197. The van der Waals surface area contributed by atoms with Crippen molar-refractivity contribution in [1.29, 1.82) is 0 Å². The van der Waals surface area contributed by atoms with Crippen LogP contribution >= 0.6 is 11.8 Å². The summed E-state index contributed by atoms with van der Waals surface area (Å²) in [5, 5.41) is 22.7. The van der Waals surface area contributed by atoms with Gasteiger partial charge in [0.05, 0.1) is 18.2 Å². The van der Waals surface area contributed by atoms with Crippen LogP contribution in [0.3, 0.4) is 0 Å². The van der Waals surface area contributed by atoms with Crippen LogP contribution in [0.25, 0.3) is 0 Å². The number of rotatable bonds is 9. The maximum Gasteiger partial charge on any atom is 0.310 e. The van der Waals surface area contributed by atoms with Crippen LogP contribution in [0.1, 0.15) is 28.9 Å². The van der Waals surface area contributed by atoms with Crippen LogP contribution in [0.15, 0.2) is 46.7 Å². The minimum atomic E-state index is -2.83. The number of nitrogens with zero attached hydrogens (tertiary/aromatic N) is 5. The van der Waals surface area contributed by atoms with E-state index in [2.05, 4.69) is 15.3 Å². The molecule has 32 heavy (non-hydrogen) atoms. The molecule has 0 N–H and O–H groups in total. The van der Waals surface area contributed by atoms with E-state index in [0.717, 1.165) is 22.0 Å². The van der Waals surface area contributed by atoms with Gasteiger partial charge in [-0.3, -0.25) is 10.1 Å². The van der Waals surface area contributed by atoms with Crippen LogP contribution in [-0.2, 0) is 6.61 Å². The number of benzene rings is 2. The SMILES string of the molecule is COc1ccc(/C=N\n2c(SC)nnc2C(F)F)cc1COc1cc(C)ccc1[N+](=O)[O-]. The number of halogens is 2. The van der Waals surface area contributed by atoms with Crippen molar-refractivity contribution in [2.75, 3.05) is 13.4 Å². The second-order valence-corrected chi connectivity index (χ2v) is 7.26. The molecule has 12 heteroatoms. The monoisotopic (exact) mass is 463 g/mol. The minimum Gasteiger partial charge on any atom is -0.496 e. The number of aryl methyl sites for hydroxylation is 1. The fourth-order valence-electron chi connectivity index (χ4n) is 2.81. The summed E-state index contributed by atoms with van der Waals surface area (Å²) < 4.78 is 38.3. The summed E-state index contributed by atoms with van der Waals surface area (Å²) in [5.74, 6) is 0.0704. The highest BCUT2D eigenvalue weighted by atomic mass is 32.2. The molecule has 0 bridgehead atoms. The number of nitro groups is 1. The lowest BCUT2D eigenvalue weighted by Gasteiger charge is -2.12. The number of nitro benzene ring substituents is 1. The zero-order valence-corrected chi connectivity index (χ0v) is 18.2.